The molecular formula is C13H10FN3O. The van der Waals surface area contributed by atoms with Crippen molar-refractivity contribution in [2.75, 3.05) is 0 Å². The largest absolute Gasteiger partial charge is 0.454 e. The fraction of sp³-hybridized carbons (Fsp3) is 0.0769. The van der Waals surface area contributed by atoms with Crippen LogP contribution in [-0.4, -0.2) is 14.4 Å². The lowest BCUT2D eigenvalue weighted by atomic mass is 10.3. The zero-order chi connectivity index (χ0) is 12.5. The summed E-state index contributed by atoms with van der Waals surface area (Å²) in [5, 5.41) is 0. The van der Waals surface area contributed by atoms with Crippen molar-refractivity contribution in [2.24, 2.45) is 0 Å². The molecule has 0 aliphatic heterocycles. The van der Waals surface area contributed by atoms with Crippen molar-refractivity contribution in [3.05, 3.63) is 54.5 Å². The SMILES string of the molecule is Cc1cc(Oc2cncc(F)c2)cn2ccnc12. The second-order valence-electron chi connectivity index (χ2n) is 3.96. The Bertz CT molecular complexity index is 708. The van der Waals surface area contributed by atoms with Gasteiger partial charge in [0.2, 0.25) is 0 Å². The standard InChI is InChI=1S/C13H10FN3O/c1-9-4-12(8-17-3-2-16-13(9)17)18-11-5-10(14)6-15-7-11/h2-8H,1H3. The van der Waals surface area contributed by atoms with E-state index in [1.54, 1.807) is 12.4 Å². The minimum atomic E-state index is -0.423. The van der Waals surface area contributed by atoms with E-state index in [1.165, 1.54) is 12.3 Å². The molecule has 0 unspecified atom stereocenters. The molecule has 18 heavy (non-hydrogen) atoms. The third kappa shape index (κ3) is 1.90. The summed E-state index contributed by atoms with van der Waals surface area (Å²) < 4.78 is 20.4. The number of aromatic nitrogens is 3. The molecule has 0 amide bonds. The summed E-state index contributed by atoms with van der Waals surface area (Å²) in [4.78, 5) is 7.95. The average Bonchev–Trinajstić information content (AvgIpc) is 2.77. The first-order valence-electron chi connectivity index (χ1n) is 5.44. The summed E-state index contributed by atoms with van der Waals surface area (Å²) in [6, 6.07) is 3.15. The van der Waals surface area contributed by atoms with E-state index in [0.29, 0.717) is 11.5 Å². The molecule has 4 nitrogen and oxygen atoms in total. The van der Waals surface area contributed by atoms with Crippen molar-refractivity contribution in [1.82, 2.24) is 14.4 Å². The number of imidazole rings is 1. The van der Waals surface area contributed by atoms with Gasteiger partial charge in [0.25, 0.3) is 0 Å². The molecule has 0 aliphatic rings. The van der Waals surface area contributed by atoms with Crippen LogP contribution in [0.2, 0.25) is 0 Å². The fourth-order valence-electron chi connectivity index (χ4n) is 1.82. The van der Waals surface area contributed by atoms with Gasteiger partial charge in [0.15, 0.2) is 0 Å². The van der Waals surface area contributed by atoms with Gasteiger partial charge in [0, 0.05) is 18.5 Å². The summed E-state index contributed by atoms with van der Waals surface area (Å²) in [5.74, 6) is 0.562. The lowest BCUT2D eigenvalue weighted by Gasteiger charge is -2.07. The van der Waals surface area contributed by atoms with Gasteiger partial charge in [-0.25, -0.2) is 9.37 Å². The van der Waals surface area contributed by atoms with Crippen molar-refractivity contribution in [3.8, 4) is 11.5 Å². The average molecular weight is 243 g/mol. The number of halogens is 1. The van der Waals surface area contributed by atoms with E-state index in [9.17, 15) is 4.39 Å². The first-order valence-corrected chi connectivity index (χ1v) is 5.44. The molecule has 5 heteroatoms. The van der Waals surface area contributed by atoms with E-state index in [1.807, 2.05) is 23.6 Å². The maximum absolute atomic E-state index is 13.0. The Morgan fingerprint density at radius 3 is 2.94 bits per heavy atom. The van der Waals surface area contributed by atoms with Gasteiger partial charge in [-0.15, -0.1) is 0 Å². The molecule has 0 radical (unpaired) electrons. The Hall–Kier alpha value is -2.43. The van der Waals surface area contributed by atoms with Crippen molar-refractivity contribution >= 4 is 5.65 Å². The summed E-state index contributed by atoms with van der Waals surface area (Å²) >= 11 is 0. The number of fused-ring (bicyclic) bond motifs is 1. The molecule has 3 heterocycles. The molecule has 3 aromatic heterocycles. The molecule has 0 N–H and O–H groups in total. The molecular weight excluding hydrogens is 233 g/mol. The fourth-order valence-corrected chi connectivity index (χ4v) is 1.82. The van der Waals surface area contributed by atoms with E-state index < -0.39 is 5.82 Å². The van der Waals surface area contributed by atoms with Crippen LogP contribution in [0, 0.1) is 12.7 Å². The van der Waals surface area contributed by atoms with Crippen LogP contribution in [0.4, 0.5) is 4.39 Å². The minimum Gasteiger partial charge on any atom is -0.454 e. The van der Waals surface area contributed by atoms with Crippen LogP contribution in [0.3, 0.4) is 0 Å². The molecule has 0 atom stereocenters. The molecule has 0 aromatic carbocycles. The highest BCUT2D eigenvalue weighted by Crippen LogP contribution is 2.23. The van der Waals surface area contributed by atoms with Gasteiger partial charge in [-0.2, -0.15) is 0 Å². The van der Waals surface area contributed by atoms with Crippen molar-refractivity contribution in [1.29, 1.82) is 0 Å². The van der Waals surface area contributed by atoms with Gasteiger partial charge in [-0.3, -0.25) is 4.98 Å². The number of hydrogen-bond donors (Lipinski definition) is 0. The number of aryl methyl sites for hydroxylation is 1. The Morgan fingerprint density at radius 2 is 2.11 bits per heavy atom. The summed E-state index contributed by atoms with van der Waals surface area (Å²) in [6.45, 7) is 1.94. The number of nitrogens with zero attached hydrogens (tertiary/aromatic N) is 3. The van der Waals surface area contributed by atoms with Crippen LogP contribution in [0.25, 0.3) is 5.65 Å². The first-order chi connectivity index (χ1) is 8.72. The van der Waals surface area contributed by atoms with Gasteiger partial charge in [0.1, 0.15) is 23.0 Å². The normalized spacial score (nSPS) is 10.8. The highest BCUT2D eigenvalue weighted by atomic mass is 19.1. The molecule has 0 fully saturated rings. The summed E-state index contributed by atoms with van der Waals surface area (Å²) in [7, 11) is 0. The van der Waals surface area contributed by atoms with E-state index >= 15 is 0 Å². The quantitative estimate of drug-likeness (QED) is 0.694. The number of hydrogen-bond acceptors (Lipinski definition) is 3. The van der Waals surface area contributed by atoms with E-state index in [4.69, 9.17) is 4.74 Å². The maximum atomic E-state index is 13.0. The topological polar surface area (TPSA) is 39.4 Å². The maximum Gasteiger partial charge on any atom is 0.148 e. The Balaban J connectivity index is 1.99. The van der Waals surface area contributed by atoms with Gasteiger partial charge in [-0.1, -0.05) is 0 Å². The number of rotatable bonds is 2. The van der Waals surface area contributed by atoms with Crippen LogP contribution in [0.5, 0.6) is 11.5 Å². The van der Waals surface area contributed by atoms with Crippen LogP contribution in [0.15, 0.2) is 43.1 Å². The summed E-state index contributed by atoms with van der Waals surface area (Å²) in [6.07, 6.45) is 7.95. The second kappa shape index (κ2) is 4.10. The molecule has 0 bridgehead atoms. The molecule has 3 aromatic rings. The highest BCUT2D eigenvalue weighted by Gasteiger charge is 2.04. The van der Waals surface area contributed by atoms with E-state index in [2.05, 4.69) is 9.97 Å². The third-order valence-electron chi connectivity index (χ3n) is 2.56. The smallest absolute Gasteiger partial charge is 0.148 e. The third-order valence-corrected chi connectivity index (χ3v) is 2.56. The molecule has 3 rings (SSSR count). The molecule has 0 aliphatic carbocycles. The van der Waals surface area contributed by atoms with Crippen molar-refractivity contribution in [3.63, 3.8) is 0 Å². The molecule has 0 spiro atoms. The van der Waals surface area contributed by atoms with Crippen LogP contribution >= 0.6 is 0 Å². The minimum absolute atomic E-state index is 0.369. The van der Waals surface area contributed by atoms with Crippen molar-refractivity contribution < 1.29 is 9.13 Å². The van der Waals surface area contributed by atoms with Crippen LogP contribution in [-0.2, 0) is 0 Å². The lowest BCUT2D eigenvalue weighted by Crippen LogP contribution is -1.92. The Kier molecular flexibility index (Phi) is 2.44. The molecule has 90 valence electrons. The second-order valence-corrected chi connectivity index (χ2v) is 3.96. The van der Waals surface area contributed by atoms with Gasteiger partial charge in [0.05, 0.1) is 18.6 Å². The number of ether oxygens (including phenoxy) is 1. The van der Waals surface area contributed by atoms with Crippen LogP contribution < -0.4 is 4.74 Å². The zero-order valence-corrected chi connectivity index (χ0v) is 9.67. The summed E-state index contributed by atoms with van der Waals surface area (Å²) in [5.41, 5.74) is 1.86. The predicted molar refractivity (Wildman–Crippen MR) is 64.2 cm³/mol. The Morgan fingerprint density at radius 1 is 1.22 bits per heavy atom. The van der Waals surface area contributed by atoms with Crippen molar-refractivity contribution in [2.45, 2.75) is 6.92 Å². The van der Waals surface area contributed by atoms with E-state index in [0.717, 1.165) is 17.4 Å². The van der Waals surface area contributed by atoms with Gasteiger partial charge in [-0.05, 0) is 18.6 Å². The van der Waals surface area contributed by atoms with E-state index in [-0.39, 0.29) is 0 Å². The number of pyridine rings is 2. The Labute approximate surface area is 103 Å². The predicted octanol–water partition coefficient (Wildman–Crippen LogP) is 2.97. The van der Waals surface area contributed by atoms with Crippen LogP contribution in [0.1, 0.15) is 5.56 Å². The molecule has 0 saturated heterocycles. The highest BCUT2D eigenvalue weighted by molar-refractivity contribution is 5.50. The molecule has 0 saturated carbocycles. The monoisotopic (exact) mass is 243 g/mol. The van der Waals surface area contributed by atoms with Gasteiger partial charge < -0.3 is 9.14 Å². The zero-order valence-electron chi connectivity index (χ0n) is 9.67. The van der Waals surface area contributed by atoms with Gasteiger partial charge >= 0.3 is 0 Å². The first kappa shape index (κ1) is 10.7. The lowest BCUT2D eigenvalue weighted by molar-refractivity contribution is 0.470.